The predicted octanol–water partition coefficient (Wildman–Crippen LogP) is 4.39. The van der Waals surface area contributed by atoms with Crippen LogP contribution in [0.1, 0.15) is 37.1 Å². The van der Waals surface area contributed by atoms with E-state index in [4.69, 9.17) is 4.74 Å². The van der Waals surface area contributed by atoms with Crippen molar-refractivity contribution < 1.29 is 13.5 Å². The molecule has 2 aromatic carbocycles. The molecule has 0 aromatic heterocycles. The van der Waals surface area contributed by atoms with Crippen LogP contribution in [0.2, 0.25) is 0 Å². The van der Waals surface area contributed by atoms with E-state index in [2.05, 4.69) is 5.32 Å². The monoisotopic (exact) mass is 291 g/mol. The van der Waals surface area contributed by atoms with Gasteiger partial charge in [-0.2, -0.15) is 0 Å². The second-order valence-electron chi connectivity index (χ2n) is 5.05. The Hall–Kier alpha value is -1.94. The summed E-state index contributed by atoms with van der Waals surface area (Å²) in [6, 6.07) is 11.1. The fourth-order valence-electron chi connectivity index (χ4n) is 2.32. The molecular weight excluding hydrogens is 272 g/mol. The summed E-state index contributed by atoms with van der Waals surface area (Å²) in [6.07, 6.45) is 0. The highest BCUT2D eigenvalue weighted by Gasteiger charge is 2.15. The maximum atomic E-state index is 13.8. The van der Waals surface area contributed by atoms with Gasteiger partial charge in [0, 0.05) is 23.7 Å². The van der Waals surface area contributed by atoms with E-state index in [0.29, 0.717) is 5.56 Å². The maximum Gasteiger partial charge on any atom is 0.130 e. The highest BCUT2D eigenvalue weighted by molar-refractivity contribution is 5.30. The van der Waals surface area contributed by atoms with Gasteiger partial charge < -0.3 is 10.1 Å². The summed E-state index contributed by atoms with van der Waals surface area (Å²) in [6.45, 7) is 3.85. The summed E-state index contributed by atoms with van der Waals surface area (Å²) < 4.78 is 31.9. The van der Waals surface area contributed by atoms with Gasteiger partial charge in [0.15, 0.2) is 0 Å². The third-order valence-corrected chi connectivity index (χ3v) is 3.52. The van der Waals surface area contributed by atoms with Gasteiger partial charge in [-0.25, -0.2) is 8.78 Å². The number of methoxy groups -OCH3 is 1. The van der Waals surface area contributed by atoms with Gasteiger partial charge in [-0.1, -0.05) is 18.2 Å². The van der Waals surface area contributed by atoms with Crippen molar-refractivity contribution >= 4 is 0 Å². The molecule has 21 heavy (non-hydrogen) atoms. The number of nitrogens with one attached hydrogen (secondary N) is 1. The SMILES string of the molecule is COc1cccc([C@@H](C)NC(C)c2ccc(F)cc2F)c1. The predicted molar refractivity (Wildman–Crippen MR) is 79.3 cm³/mol. The number of benzene rings is 2. The van der Waals surface area contributed by atoms with Crippen molar-refractivity contribution in [1.82, 2.24) is 5.32 Å². The number of hydrogen-bond donors (Lipinski definition) is 1. The lowest BCUT2D eigenvalue weighted by Crippen LogP contribution is -2.23. The smallest absolute Gasteiger partial charge is 0.130 e. The molecule has 0 saturated carbocycles. The van der Waals surface area contributed by atoms with Crippen LogP contribution >= 0.6 is 0 Å². The Kier molecular flexibility index (Phi) is 4.91. The second kappa shape index (κ2) is 6.68. The van der Waals surface area contributed by atoms with Gasteiger partial charge in [-0.15, -0.1) is 0 Å². The van der Waals surface area contributed by atoms with E-state index in [-0.39, 0.29) is 12.1 Å². The van der Waals surface area contributed by atoms with E-state index in [1.807, 2.05) is 38.1 Å². The minimum absolute atomic E-state index is 0.0135. The molecule has 0 amide bonds. The number of hydrogen-bond acceptors (Lipinski definition) is 2. The summed E-state index contributed by atoms with van der Waals surface area (Å²) in [4.78, 5) is 0. The number of halogens is 2. The summed E-state index contributed by atoms with van der Waals surface area (Å²) >= 11 is 0. The molecule has 0 aliphatic carbocycles. The molecule has 0 aliphatic rings. The zero-order chi connectivity index (χ0) is 15.4. The van der Waals surface area contributed by atoms with Crippen LogP contribution in [0, 0.1) is 11.6 Å². The molecule has 1 unspecified atom stereocenters. The molecule has 0 spiro atoms. The molecule has 1 N–H and O–H groups in total. The van der Waals surface area contributed by atoms with Crippen LogP contribution in [-0.4, -0.2) is 7.11 Å². The van der Waals surface area contributed by atoms with E-state index in [0.717, 1.165) is 17.4 Å². The Labute approximate surface area is 123 Å². The van der Waals surface area contributed by atoms with Gasteiger partial charge in [0.1, 0.15) is 17.4 Å². The lowest BCUT2D eigenvalue weighted by Gasteiger charge is -2.21. The van der Waals surface area contributed by atoms with Crippen LogP contribution in [-0.2, 0) is 0 Å². The summed E-state index contributed by atoms with van der Waals surface area (Å²) in [5.41, 5.74) is 1.50. The molecule has 0 saturated heterocycles. The van der Waals surface area contributed by atoms with Crippen LogP contribution < -0.4 is 10.1 Å². The number of ether oxygens (including phenoxy) is 1. The first-order chi connectivity index (χ1) is 10.0. The van der Waals surface area contributed by atoms with Gasteiger partial charge in [0.25, 0.3) is 0 Å². The Morgan fingerprint density at radius 2 is 1.76 bits per heavy atom. The Balaban J connectivity index is 2.12. The van der Waals surface area contributed by atoms with Gasteiger partial charge in [0.2, 0.25) is 0 Å². The van der Waals surface area contributed by atoms with Gasteiger partial charge in [-0.05, 0) is 37.6 Å². The molecule has 2 aromatic rings. The van der Waals surface area contributed by atoms with Crippen LogP contribution in [0.15, 0.2) is 42.5 Å². The van der Waals surface area contributed by atoms with E-state index < -0.39 is 11.6 Å². The van der Waals surface area contributed by atoms with Crippen molar-refractivity contribution in [2.24, 2.45) is 0 Å². The molecule has 2 nitrogen and oxygen atoms in total. The first-order valence-corrected chi connectivity index (χ1v) is 6.86. The Morgan fingerprint density at radius 3 is 2.43 bits per heavy atom. The van der Waals surface area contributed by atoms with Crippen LogP contribution in [0.4, 0.5) is 8.78 Å². The van der Waals surface area contributed by atoms with Crippen molar-refractivity contribution in [1.29, 1.82) is 0 Å². The molecule has 0 aliphatic heterocycles. The molecule has 2 rings (SSSR count). The van der Waals surface area contributed by atoms with Crippen molar-refractivity contribution in [3.8, 4) is 5.75 Å². The van der Waals surface area contributed by atoms with Crippen LogP contribution in [0.5, 0.6) is 5.75 Å². The largest absolute Gasteiger partial charge is 0.497 e. The summed E-state index contributed by atoms with van der Waals surface area (Å²) in [5.74, 6) is -0.320. The topological polar surface area (TPSA) is 21.3 Å². The van der Waals surface area contributed by atoms with Gasteiger partial charge in [0.05, 0.1) is 7.11 Å². The van der Waals surface area contributed by atoms with Crippen LogP contribution in [0.25, 0.3) is 0 Å². The lowest BCUT2D eigenvalue weighted by molar-refractivity contribution is 0.412. The van der Waals surface area contributed by atoms with Crippen molar-refractivity contribution in [3.05, 3.63) is 65.2 Å². The molecule has 0 heterocycles. The average molecular weight is 291 g/mol. The molecule has 0 bridgehead atoms. The highest BCUT2D eigenvalue weighted by Crippen LogP contribution is 2.24. The molecule has 112 valence electrons. The van der Waals surface area contributed by atoms with E-state index in [1.54, 1.807) is 7.11 Å². The average Bonchev–Trinajstić information content (AvgIpc) is 2.47. The van der Waals surface area contributed by atoms with Crippen molar-refractivity contribution in [2.75, 3.05) is 7.11 Å². The fraction of sp³-hybridized carbons (Fsp3) is 0.294. The normalized spacial score (nSPS) is 13.8. The molecule has 2 atom stereocenters. The summed E-state index contributed by atoms with van der Waals surface area (Å²) in [7, 11) is 1.62. The van der Waals surface area contributed by atoms with E-state index in [9.17, 15) is 8.78 Å². The maximum absolute atomic E-state index is 13.8. The first kappa shape index (κ1) is 15.4. The third-order valence-electron chi connectivity index (χ3n) is 3.52. The summed E-state index contributed by atoms with van der Waals surface area (Å²) in [5, 5.41) is 3.31. The molecule has 4 heteroatoms. The minimum Gasteiger partial charge on any atom is -0.497 e. The fourth-order valence-corrected chi connectivity index (χ4v) is 2.32. The highest BCUT2D eigenvalue weighted by atomic mass is 19.1. The quantitative estimate of drug-likeness (QED) is 0.882. The number of rotatable bonds is 5. The molecule has 0 fully saturated rings. The second-order valence-corrected chi connectivity index (χ2v) is 5.05. The first-order valence-electron chi connectivity index (χ1n) is 6.86. The minimum atomic E-state index is -0.565. The Morgan fingerprint density at radius 1 is 1.00 bits per heavy atom. The Bertz CT molecular complexity index is 615. The molecular formula is C17H19F2NO. The van der Waals surface area contributed by atoms with Crippen molar-refractivity contribution in [2.45, 2.75) is 25.9 Å². The molecule has 0 radical (unpaired) electrons. The van der Waals surface area contributed by atoms with Crippen LogP contribution in [0.3, 0.4) is 0 Å². The zero-order valence-electron chi connectivity index (χ0n) is 12.4. The van der Waals surface area contributed by atoms with Gasteiger partial charge >= 0.3 is 0 Å². The van der Waals surface area contributed by atoms with Gasteiger partial charge in [-0.3, -0.25) is 0 Å². The van der Waals surface area contributed by atoms with E-state index >= 15 is 0 Å². The van der Waals surface area contributed by atoms with E-state index in [1.165, 1.54) is 12.1 Å². The zero-order valence-corrected chi connectivity index (χ0v) is 12.4. The standard InChI is InChI=1S/C17H19F2NO/c1-11(13-5-4-6-15(9-13)21-3)20-12(2)16-8-7-14(18)10-17(16)19/h4-12,20H,1-3H3/t11-,12?/m1/s1. The van der Waals surface area contributed by atoms with Crippen molar-refractivity contribution in [3.63, 3.8) is 0 Å². The third kappa shape index (κ3) is 3.79. The lowest BCUT2D eigenvalue weighted by atomic mass is 10.0.